The molecule has 0 heterocycles. The van der Waals surface area contributed by atoms with Crippen molar-refractivity contribution in [1.82, 2.24) is 16.2 Å². The lowest BCUT2D eigenvalue weighted by Gasteiger charge is -2.09. The molecular weight excluding hydrogens is 366 g/mol. The van der Waals surface area contributed by atoms with Crippen LogP contribution in [-0.4, -0.2) is 23.6 Å². The fraction of sp³-hybridized carbons (Fsp3) is 0.652. The van der Waals surface area contributed by atoms with E-state index in [1.54, 1.807) is 12.1 Å². The number of benzene rings is 1. The first-order valence-corrected chi connectivity index (χ1v) is 11.2. The smallest absolute Gasteiger partial charge is 0.333 e. The first-order valence-electron chi connectivity index (χ1n) is 11.2. The van der Waals surface area contributed by atoms with Crippen molar-refractivity contribution in [2.75, 3.05) is 6.54 Å². The Bertz CT molecular complexity index is 561. The molecule has 164 valence electrons. The number of carbonyl (C=O) groups is 2. The molecule has 1 rings (SSSR count). The van der Waals surface area contributed by atoms with Crippen LogP contribution < -0.4 is 16.2 Å². The lowest BCUT2D eigenvalue weighted by Crippen LogP contribution is -2.47. The Morgan fingerprint density at radius 2 is 1.34 bits per heavy atom. The highest BCUT2D eigenvalue weighted by atomic mass is 16.3. The van der Waals surface area contributed by atoms with Crippen LogP contribution in [0.3, 0.4) is 0 Å². The van der Waals surface area contributed by atoms with Crippen LogP contribution in [0.2, 0.25) is 0 Å². The average molecular weight is 406 g/mol. The molecule has 6 nitrogen and oxygen atoms in total. The summed E-state index contributed by atoms with van der Waals surface area (Å²) < 4.78 is 0. The Morgan fingerprint density at radius 3 is 1.93 bits per heavy atom. The number of nitrogens with one attached hydrogen (secondary N) is 3. The number of amides is 3. The van der Waals surface area contributed by atoms with Gasteiger partial charge < -0.3 is 10.4 Å². The molecule has 29 heavy (non-hydrogen) atoms. The van der Waals surface area contributed by atoms with Crippen molar-refractivity contribution in [2.45, 2.75) is 90.4 Å². The lowest BCUT2D eigenvalue weighted by molar-refractivity contribution is -0.121. The summed E-state index contributed by atoms with van der Waals surface area (Å²) in [5.74, 6) is 0.0644. The molecule has 4 N–H and O–H groups in total. The third kappa shape index (κ3) is 14.4. The minimum atomic E-state index is -0.420. The molecule has 0 unspecified atom stereocenters. The number of unbranched alkanes of at least 4 members (excludes halogenated alkanes) is 10. The van der Waals surface area contributed by atoms with Crippen LogP contribution in [0.4, 0.5) is 4.79 Å². The maximum absolute atomic E-state index is 11.8. The summed E-state index contributed by atoms with van der Waals surface area (Å²) in [7, 11) is 0. The fourth-order valence-corrected chi connectivity index (χ4v) is 3.17. The predicted molar refractivity (Wildman–Crippen MR) is 118 cm³/mol. The zero-order chi connectivity index (χ0) is 21.2. The maximum atomic E-state index is 11.8. The lowest BCUT2D eigenvalue weighted by atomic mass is 10.1. The van der Waals surface area contributed by atoms with E-state index in [1.165, 1.54) is 57.8 Å². The Balaban J connectivity index is 1.90. The van der Waals surface area contributed by atoms with Crippen molar-refractivity contribution in [2.24, 2.45) is 0 Å². The maximum Gasteiger partial charge on any atom is 0.333 e. The molecular formula is C23H39N3O3. The third-order valence-corrected chi connectivity index (χ3v) is 4.96. The number of hydrogen-bond acceptors (Lipinski definition) is 3. The molecule has 1 aromatic rings. The Hall–Kier alpha value is -2.24. The van der Waals surface area contributed by atoms with Crippen LogP contribution in [-0.2, 0) is 11.2 Å². The number of urea groups is 1. The highest BCUT2D eigenvalue weighted by molar-refractivity contribution is 5.80. The fourth-order valence-electron chi connectivity index (χ4n) is 3.17. The molecule has 0 aliphatic rings. The molecule has 0 saturated carbocycles. The van der Waals surface area contributed by atoms with E-state index >= 15 is 0 Å². The van der Waals surface area contributed by atoms with E-state index in [2.05, 4.69) is 23.1 Å². The van der Waals surface area contributed by atoms with E-state index in [0.29, 0.717) is 19.4 Å². The van der Waals surface area contributed by atoms with Gasteiger partial charge in [-0.05, 0) is 30.5 Å². The Kier molecular flexibility index (Phi) is 14.3. The van der Waals surface area contributed by atoms with Crippen molar-refractivity contribution in [3.63, 3.8) is 0 Å². The van der Waals surface area contributed by atoms with Crippen LogP contribution in [0.25, 0.3) is 0 Å². The zero-order valence-electron chi connectivity index (χ0n) is 18.0. The zero-order valence-corrected chi connectivity index (χ0v) is 18.0. The van der Waals surface area contributed by atoms with E-state index in [0.717, 1.165) is 18.4 Å². The van der Waals surface area contributed by atoms with E-state index < -0.39 is 6.03 Å². The van der Waals surface area contributed by atoms with Gasteiger partial charge in [0, 0.05) is 13.0 Å². The van der Waals surface area contributed by atoms with Gasteiger partial charge in [-0.2, -0.15) is 0 Å². The molecule has 0 spiro atoms. The van der Waals surface area contributed by atoms with Crippen molar-refractivity contribution in [1.29, 1.82) is 0 Å². The number of rotatable bonds is 15. The third-order valence-electron chi connectivity index (χ3n) is 4.96. The van der Waals surface area contributed by atoms with Gasteiger partial charge in [-0.15, -0.1) is 0 Å². The molecule has 1 aromatic carbocycles. The van der Waals surface area contributed by atoms with E-state index in [-0.39, 0.29) is 11.7 Å². The molecule has 0 atom stereocenters. The monoisotopic (exact) mass is 405 g/mol. The van der Waals surface area contributed by atoms with Gasteiger partial charge in [0.25, 0.3) is 0 Å². The van der Waals surface area contributed by atoms with Crippen LogP contribution >= 0.6 is 0 Å². The van der Waals surface area contributed by atoms with Gasteiger partial charge in [0.2, 0.25) is 5.91 Å². The van der Waals surface area contributed by atoms with Crippen LogP contribution in [0, 0.1) is 0 Å². The largest absolute Gasteiger partial charge is 0.508 e. The summed E-state index contributed by atoms with van der Waals surface area (Å²) in [5.41, 5.74) is 5.84. The van der Waals surface area contributed by atoms with Gasteiger partial charge in [0.1, 0.15) is 5.75 Å². The van der Waals surface area contributed by atoms with E-state index in [1.807, 2.05) is 12.1 Å². The molecule has 0 saturated heterocycles. The normalized spacial score (nSPS) is 10.5. The second-order valence-corrected chi connectivity index (χ2v) is 7.63. The Morgan fingerprint density at radius 1 is 0.793 bits per heavy atom. The summed E-state index contributed by atoms with van der Waals surface area (Å²) in [5, 5.41) is 11.9. The molecule has 0 aromatic heterocycles. The topological polar surface area (TPSA) is 90.5 Å². The second-order valence-electron chi connectivity index (χ2n) is 7.63. The number of carbonyl (C=O) groups excluding carboxylic acids is 2. The molecule has 0 radical (unpaired) electrons. The van der Waals surface area contributed by atoms with Crippen molar-refractivity contribution < 1.29 is 14.7 Å². The minimum Gasteiger partial charge on any atom is -0.508 e. The van der Waals surface area contributed by atoms with E-state index in [4.69, 9.17) is 0 Å². The molecule has 3 amide bonds. The first-order chi connectivity index (χ1) is 14.1. The van der Waals surface area contributed by atoms with Crippen LogP contribution in [0.5, 0.6) is 5.75 Å². The van der Waals surface area contributed by atoms with Gasteiger partial charge in [-0.1, -0.05) is 83.3 Å². The number of hydrazine groups is 1. The minimum absolute atomic E-state index is 0.158. The number of hydrogen-bond donors (Lipinski definition) is 4. The van der Waals surface area contributed by atoms with E-state index in [9.17, 15) is 14.7 Å². The SMILES string of the molecule is CCCCCCCCCCCCCC(=O)NNC(=O)NCCc1ccc(O)cc1. The van der Waals surface area contributed by atoms with Crippen molar-refractivity contribution in [3.8, 4) is 5.75 Å². The van der Waals surface area contributed by atoms with Gasteiger partial charge in [0.05, 0.1) is 0 Å². The second kappa shape index (κ2) is 16.7. The summed E-state index contributed by atoms with van der Waals surface area (Å²) in [6, 6.07) is 6.43. The number of aromatic hydroxyl groups is 1. The quantitative estimate of drug-likeness (QED) is 0.245. The van der Waals surface area contributed by atoms with Gasteiger partial charge in [-0.25, -0.2) is 10.2 Å². The van der Waals surface area contributed by atoms with Gasteiger partial charge in [0.15, 0.2) is 0 Å². The summed E-state index contributed by atoms with van der Waals surface area (Å²) in [6.07, 6.45) is 14.8. The summed E-state index contributed by atoms with van der Waals surface area (Å²) in [4.78, 5) is 23.4. The predicted octanol–water partition coefficient (Wildman–Crippen LogP) is 4.97. The molecule has 0 aliphatic heterocycles. The highest BCUT2D eigenvalue weighted by Crippen LogP contribution is 2.12. The van der Waals surface area contributed by atoms with Crippen molar-refractivity contribution in [3.05, 3.63) is 29.8 Å². The summed E-state index contributed by atoms with van der Waals surface area (Å²) >= 11 is 0. The molecule has 0 bridgehead atoms. The van der Waals surface area contributed by atoms with Gasteiger partial charge in [-0.3, -0.25) is 10.2 Å². The standard InChI is InChI=1S/C23H39N3O3/c1-2-3-4-5-6-7-8-9-10-11-12-13-22(28)25-26-23(29)24-19-18-20-14-16-21(27)17-15-20/h14-17,27H,2-13,18-19H2,1H3,(H,25,28)(H2,24,26,29). The average Bonchev–Trinajstić information content (AvgIpc) is 2.72. The summed E-state index contributed by atoms with van der Waals surface area (Å²) in [6.45, 7) is 2.69. The highest BCUT2D eigenvalue weighted by Gasteiger charge is 2.04. The number of phenolic OH excluding ortho intramolecular Hbond substituents is 1. The molecule has 0 aliphatic carbocycles. The Labute approximate surface area is 175 Å². The first kappa shape index (κ1) is 24.8. The van der Waals surface area contributed by atoms with Crippen molar-refractivity contribution >= 4 is 11.9 Å². The van der Waals surface area contributed by atoms with Gasteiger partial charge >= 0.3 is 6.03 Å². The van der Waals surface area contributed by atoms with Crippen LogP contribution in [0.1, 0.15) is 89.5 Å². The molecule has 6 heteroatoms. The number of phenols is 1. The molecule has 0 fully saturated rings. The van der Waals surface area contributed by atoms with Crippen LogP contribution in [0.15, 0.2) is 24.3 Å².